The lowest BCUT2D eigenvalue weighted by Gasteiger charge is -1.82. The van der Waals surface area contributed by atoms with Gasteiger partial charge in [-0.25, -0.2) is 0 Å². The van der Waals surface area contributed by atoms with E-state index < -0.39 is 0 Å². The van der Waals surface area contributed by atoms with E-state index in [2.05, 4.69) is 17.6 Å². The molecule has 1 nitrogen and oxygen atoms in total. The molecule has 0 spiro atoms. The molecule has 1 rings (SSSR count). The quantitative estimate of drug-likeness (QED) is 0.610. The zero-order valence-corrected chi connectivity index (χ0v) is 7.90. The van der Waals surface area contributed by atoms with E-state index in [1.165, 1.54) is 4.88 Å². The molecule has 0 radical (unpaired) electrons. The Morgan fingerprint density at radius 1 is 1.55 bits per heavy atom. The molecule has 58 valence electrons. The van der Waals surface area contributed by atoms with E-state index in [1.54, 1.807) is 17.5 Å². The van der Waals surface area contributed by atoms with E-state index in [0.717, 1.165) is 4.90 Å². The molecule has 0 unspecified atom stereocenters. The molecule has 0 saturated carbocycles. The Labute approximate surface area is 75.9 Å². The summed E-state index contributed by atoms with van der Waals surface area (Å²) >= 11 is 5.85. The smallest absolute Gasteiger partial charge is 0.0793 e. The minimum absolute atomic E-state index is 0.955. The molecule has 0 bridgehead atoms. The van der Waals surface area contributed by atoms with Crippen LogP contribution in [0, 0.1) is 6.92 Å². The topological polar surface area (TPSA) is 12.9 Å². The molecule has 0 fully saturated rings. The van der Waals surface area contributed by atoms with Gasteiger partial charge in [0.2, 0.25) is 0 Å². The van der Waals surface area contributed by atoms with E-state index >= 15 is 0 Å². The Kier molecular flexibility index (Phi) is 3.39. The third kappa shape index (κ3) is 3.39. The predicted molar refractivity (Wildman–Crippen MR) is 51.7 cm³/mol. The molecule has 1 heterocycles. The van der Waals surface area contributed by atoms with Crippen LogP contribution in [0.3, 0.4) is 0 Å². The SMILES string of the molecule is Cc1cc(S)cccncs1. The fraction of sp³-hybridized carbons (Fsp3) is 0.125. The molecule has 0 N–H and O–H groups in total. The highest BCUT2D eigenvalue weighted by Crippen LogP contribution is 2.06. The lowest BCUT2D eigenvalue weighted by molar-refractivity contribution is 1.39. The first-order valence-electron chi connectivity index (χ1n) is 3.21. The van der Waals surface area contributed by atoms with Gasteiger partial charge in [-0.2, -0.15) is 0 Å². The van der Waals surface area contributed by atoms with Gasteiger partial charge < -0.3 is 0 Å². The lowest BCUT2D eigenvalue weighted by atomic mass is 10.4. The summed E-state index contributed by atoms with van der Waals surface area (Å²) in [5.41, 5.74) is 1.81. The van der Waals surface area contributed by atoms with Crippen molar-refractivity contribution in [3.05, 3.63) is 34.8 Å². The van der Waals surface area contributed by atoms with Crippen LogP contribution in [-0.2, 0) is 0 Å². The molecule has 0 amide bonds. The molecule has 0 aliphatic rings. The molecule has 1 aromatic heterocycles. The number of hydrogen-bond donors (Lipinski definition) is 1. The zero-order chi connectivity index (χ0) is 8.10. The number of thiol groups is 1. The summed E-state index contributed by atoms with van der Waals surface area (Å²) in [5, 5.41) is 0. The highest BCUT2D eigenvalue weighted by molar-refractivity contribution is 7.80. The minimum Gasteiger partial charge on any atom is -0.254 e. The first kappa shape index (κ1) is 8.56. The van der Waals surface area contributed by atoms with Gasteiger partial charge in [-0.3, -0.25) is 4.98 Å². The largest absolute Gasteiger partial charge is 0.254 e. The van der Waals surface area contributed by atoms with Gasteiger partial charge >= 0.3 is 0 Å². The fourth-order valence-corrected chi connectivity index (χ4v) is 1.49. The number of nitrogens with zero attached hydrogens (tertiary/aromatic N) is 1. The Hall–Kier alpha value is -0.540. The average molecular weight is 183 g/mol. The van der Waals surface area contributed by atoms with Crippen molar-refractivity contribution in [1.82, 2.24) is 4.98 Å². The molecule has 1 aromatic rings. The minimum atomic E-state index is 0.955. The maximum atomic E-state index is 4.25. The summed E-state index contributed by atoms with van der Waals surface area (Å²) in [6.45, 7) is 2.03. The Morgan fingerprint density at radius 3 is 3.18 bits per heavy atom. The molecule has 0 aliphatic heterocycles. The van der Waals surface area contributed by atoms with Crippen LogP contribution in [0.5, 0.6) is 0 Å². The molecule has 0 aliphatic carbocycles. The van der Waals surface area contributed by atoms with Crippen molar-refractivity contribution in [2.45, 2.75) is 11.8 Å². The molecule has 0 aromatic carbocycles. The average Bonchev–Trinajstić information content (AvgIpc) is 2.02. The molecule has 3 heteroatoms. The van der Waals surface area contributed by atoms with Crippen molar-refractivity contribution in [3.8, 4) is 0 Å². The van der Waals surface area contributed by atoms with Crippen LogP contribution in [0.15, 0.2) is 34.8 Å². The Bertz CT molecular complexity index is 252. The van der Waals surface area contributed by atoms with Gasteiger partial charge in [-0.1, -0.05) is 0 Å². The normalized spacial score (nSPS) is 8.91. The van der Waals surface area contributed by atoms with Gasteiger partial charge in [0.15, 0.2) is 0 Å². The Balaban J connectivity index is 3.25. The third-order valence-electron chi connectivity index (χ3n) is 1.09. The molecule has 0 atom stereocenters. The summed E-state index contributed by atoms with van der Waals surface area (Å²) < 4.78 is 0. The third-order valence-corrected chi connectivity index (χ3v) is 2.08. The van der Waals surface area contributed by atoms with Crippen LogP contribution < -0.4 is 0 Å². The van der Waals surface area contributed by atoms with Gasteiger partial charge in [0.05, 0.1) is 5.51 Å². The summed E-state index contributed by atoms with van der Waals surface area (Å²) in [4.78, 5) is 6.16. The molecule has 0 saturated heterocycles. The molecular weight excluding hydrogens is 174 g/mol. The summed E-state index contributed by atoms with van der Waals surface area (Å²) in [6.07, 6.45) is 1.75. The first-order valence-corrected chi connectivity index (χ1v) is 4.54. The first-order chi connectivity index (χ1) is 5.29. The lowest BCUT2D eigenvalue weighted by Crippen LogP contribution is -1.58. The number of aromatic nitrogens is 1. The second-order valence-electron chi connectivity index (χ2n) is 2.06. The van der Waals surface area contributed by atoms with Gasteiger partial charge in [0, 0.05) is 16.0 Å². The number of aryl methyl sites for hydroxylation is 1. The second-order valence-corrected chi connectivity index (χ2v) is 3.67. The van der Waals surface area contributed by atoms with Crippen molar-refractivity contribution in [2.75, 3.05) is 0 Å². The summed E-state index contributed by atoms with van der Waals surface area (Å²) in [5.74, 6) is 0. The van der Waals surface area contributed by atoms with Crippen LogP contribution in [-0.4, -0.2) is 4.98 Å². The Morgan fingerprint density at radius 2 is 2.36 bits per heavy atom. The standard InChI is InChI=1S/C8H9NS2/c1-7-5-8(10)3-2-4-9-6-11-7/h2-6,10H,1H3. The molecular formula is C8H9NS2. The second kappa shape index (κ2) is 4.36. The highest BCUT2D eigenvalue weighted by atomic mass is 32.1. The molecule has 11 heavy (non-hydrogen) atoms. The van der Waals surface area contributed by atoms with Crippen LogP contribution in [0.25, 0.3) is 0 Å². The van der Waals surface area contributed by atoms with Gasteiger partial charge in [0.1, 0.15) is 0 Å². The predicted octanol–water partition coefficient (Wildman–Crippen LogP) is 2.86. The van der Waals surface area contributed by atoms with Crippen molar-refractivity contribution in [1.29, 1.82) is 0 Å². The van der Waals surface area contributed by atoms with Gasteiger partial charge in [-0.05, 0) is 25.1 Å². The van der Waals surface area contributed by atoms with Crippen LogP contribution in [0.1, 0.15) is 4.88 Å². The highest BCUT2D eigenvalue weighted by Gasteiger charge is 1.79. The van der Waals surface area contributed by atoms with E-state index in [1.807, 2.05) is 30.6 Å². The van der Waals surface area contributed by atoms with E-state index in [-0.39, 0.29) is 0 Å². The number of rotatable bonds is 0. The van der Waals surface area contributed by atoms with Gasteiger partial charge in [0.25, 0.3) is 0 Å². The summed E-state index contributed by atoms with van der Waals surface area (Å²) in [7, 11) is 0. The summed E-state index contributed by atoms with van der Waals surface area (Å²) in [6, 6.07) is 5.79. The van der Waals surface area contributed by atoms with Crippen LogP contribution >= 0.6 is 24.0 Å². The van der Waals surface area contributed by atoms with Crippen molar-refractivity contribution < 1.29 is 0 Å². The maximum Gasteiger partial charge on any atom is 0.0793 e. The maximum absolute atomic E-state index is 4.25. The van der Waals surface area contributed by atoms with Crippen LogP contribution in [0.4, 0.5) is 0 Å². The van der Waals surface area contributed by atoms with Gasteiger partial charge in [-0.15, -0.1) is 24.0 Å². The van der Waals surface area contributed by atoms with E-state index in [9.17, 15) is 0 Å². The zero-order valence-electron chi connectivity index (χ0n) is 6.19. The van der Waals surface area contributed by atoms with E-state index in [0.29, 0.717) is 0 Å². The van der Waals surface area contributed by atoms with Crippen molar-refractivity contribution in [3.63, 3.8) is 0 Å². The van der Waals surface area contributed by atoms with E-state index in [4.69, 9.17) is 0 Å². The van der Waals surface area contributed by atoms with Crippen molar-refractivity contribution in [2.24, 2.45) is 0 Å². The van der Waals surface area contributed by atoms with Crippen LogP contribution in [0.2, 0.25) is 0 Å². The number of hydrogen-bond acceptors (Lipinski definition) is 3. The van der Waals surface area contributed by atoms with Crippen molar-refractivity contribution >= 4 is 24.0 Å². The monoisotopic (exact) mass is 183 g/mol. The fourth-order valence-electron chi connectivity index (χ4n) is 0.630.